The zero-order valence-electron chi connectivity index (χ0n) is 23.6. The number of piperazine rings is 1. The van der Waals surface area contributed by atoms with Crippen LogP contribution in [-0.2, 0) is 12.0 Å². The molecule has 8 heteroatoms. The molecule has 3 atom stereocenters. The summed E-state index contributed by atoms with van der Waals surface area (Å²) in [7, 11) is 6.52. The van der Waals surface area contributed by atoms with Gasteiger partial charge in [0.25, 0.3) is 0 Å². The van der Waals surface area contributed by atoms with Crippen molar-refractivity contribution in [1.29, 1.82) is 0 Å². The van der Waals surface area contributed by atoms with Crippen molar-refractivity contribution in [3.63, 3.8) is 0 Å². The molecule has 1 saturated heterocycles. The molecule has 2 aromatic carbocycles. The predicted molar refractivity (Wildman–Crippen MR) is 163 cm³/mol. The maximum absolute atomic E-state index is 6.34. The molecule has 2 heterocycles. The molecule has 2 saturated carbocycles. The van der Waals surface area contributed by atoms with Crippen LogP contribution in [0.25, 0.3) is 11.0 Å². The SMILES string of the molecule is CN(C)Cc1cccc([C@]23CC[C@@H](N(CCCN4CCN(C)CC4)c4nc5cc(Cl)c(Cl)cc5[nH]4)CC2C3)c1. The molecule has 0 spiro atoms. The predicted octanol–water partition coefficient (Wildman–Crippen LogP) is 5.89. The highest BCUT2D eigenvalue weighted by Gasteiger charge is 2.58. The van der Waals surface area contributed by atoms with Crippen LogP contribution in [0.4, 0.5) is 5.95 Å². The van der Waals surface area contributed by atoms with Crippen LogP contribution in [0, 0.1) is 5.92 Å². The van der Waals surface area contributed by atoms with E-state index in [0.717, 1.165) is 62.0 Å². The molecule has 6 nitrogen and oxygen atoms in total. The van der Waals surface area contributed by atoms with Gasteiger partial charge in [0.15, 0.2) is 0 Å². The summed E-state index contributed by atoms with van der Waals surface area (Å²) in [5.41, 5.74) is 5.19. The maximum atomic E-state index is 6.34. The van der Waals surface area contributed by atoms with Gasteiger partial charge in [-0.3, -0.25) is 0 Å². The number of halogens is 2. The van der Waals surface area contributed by atoms with Crippen molar-refractivity contribution in [2.75, 3.05) is 65.3 Å². The molecule has 3 aliphatic rings. The summed E-state index contributed by atoms with van der Waals surface area (Å²) in [6.45, 7) is 7.81. The van der Waals surface area contributed by atoms with Gasteiger partial charge in [0.05, 0.1) is 21.1 Å². The summed E-state index contributed by atoms with van der Waals surface area (Å²) < 4.78 is 0. The van der Waals surface area contributed by atoms with Crippen molar-refractivity contribution in [3.05, 3.63) is 57.6 Å². The fraction of sp³-hybridized carbons (Fsp3) is 0.581. The van der Waals surface area contributed by atoms with E-state index in [1.165, 1.54) is 44.3 Å². The summed E-state index contributed by atoms with van der Waals surface area (Å²) in [6.07, 6.45) is 6.13. The van der Waals surface area contributed by atoms with Gasteiger partial charge in [-0.15, -0.1) is 0 Å². The van der Waals surface area contributed by atoms with Crippen molar-refractivity contribution in [2.24, 2.45) is 5.92 Å². The van der Waals surface area contributed by atoms with E-state index in [0.29, 0.717) is 21.5 Å². The first kappa shape index (κ1) is 27.3. The lowest BCUT2D eigenvalue weighted by molar-refractivity contribution is 0.153. The Morgan fingerprint density at radius 3 is 2.64 bits per heavy atom. The van der Waals surface area contributed by atoms with Crippen LogP contribution >= 0.6 is 23.2 Å². The number of nitrogens with one attached hydrogen (secondary N) is 1. The normalized spacial score (nSPS) is 25.8. The van der Waals surface area contributed by atoms with Crippen LogP contribution in [0.3, 0.4) is 0 Å². The maximum Gasteiger partial charge on any atom is 0.204 e. The lowest BCUT2D eigenvalue weighted by atomic mass is 9.80. The highest BCUT2D eigenvalue weighted by Crippen LogP contribution is 2.63. The Balaban J connectivity index is 1.19. The Morgan fingerprint density at radius 2 is 1.87 bits per heavy atom. The summed E-state index contributed by atoms with van der Waals surface area (Å²) >= 11 is 12.7. The van der Waals surface area contributed by atoms with E-state index in [2.05, 4.69) is 70.0 Å². The third kappa shape index (κ3) is 5.82. The highest BCUT2D eigenvalue weighted by atomic mass is 35.5. The van der Waals surface area contributed by atoms with E-state index in [1.807, 2.05) is 12.1 Å². The number of aromatic amines is 1. The monoisotopic (exact) mass is 568 g/mol. The second kappa shape index (κ2) is 11.2. The van der Waals surface area contributed by atoms with Gasteiger partial charge in [-0.1, -0.05) is 47.5 Å². The van der Waals surface area contributed by atoms with E-state index >= 15 is 0 Å². The van der Waals surface area contributed by atoms with Gasteiger partial charge < -0.3 is 24.6 Å². The number of imidazole rings is 1. The number of hydrogen-bond acceptors (Lipinski definition) is 5. The fourth-order valence-electron chi connectivity index (χ4n) is 7.12. The van der Waals surface area contributed by atoms with Crippen LogP contribution in [0.1, 0.15) is 43.2 Å². The minimum absolute atomic E-state index is 0.374. The summed E-state index contributed by atoms with van der Waals surface area (Å²) in [6, 6.07) is 13.7. The second-order valence-corrected chi connectivity index (χ2v) is 13.3. The van der Waals surface area contributed by atoms with E-state index < -0.39 is 0 Å². The Labute approximate surface area is 243 Å². The standard InChI is InChI=1S/C31H42Cl2N6/c1-36(2)21-22-6-4-7-23(16-22)31-9-8-25(17-24(31)20-31)39(11-5-10-38-14-12-37(3)13-15-38)30-34-28-18-26(32)27(33)19-29(28)35-30/h4,6-7,16,18-19,24-25H,5,8-15,17,20-21H2,1-3H3,(H,34,35)/t24?,25-,31-/m1/s1. The Hall–Kier alpha value is -1.83. The van der Waals surface area contributed by atoms with E-state index in [-0.39, 0.29) is 0 Å². The molecule has 1 unspecified atom stereocenters. The molecule has 6 rings (SSSR count). The summed E-state index contributed by atoms with van der Waals surface area (Å²) in [5, 5.41) is 1.12. The van der Waals surface area contributed by atoms with Gasteiger partial charge in [-0.05, 0) is 94.4 Å². The number of rotatable bonds is 9. The smallest absolute Gasteiger partial charge is 0.204 e. The van der Waals surface area contributed by atoms with Crippen molar-refractivity contribution >= 4 is 40.2 Å². The highest BCUT2D eigenvalue weighted by molar-refractivity contribution is 6.42. The molecule has 0 bridgehead atoms. The van der Waals surface area contributed by atoms with E-state index in [1.54, 1.807) is 5.56 Å². The minimum Gasteiger partial charge on any atom is -0.339 e. The van der Waals surface area contributed by atoms with Gasteiger partial charge in [0, 0.05) is 45.3 Å². The average molecular weight is 570 g/mol. The number of fused-ring (bicyclic) bond motifs is 2. The van der Waals surface area contributed by atoms with Crippen LogP contribution in [-0.4, -0.2) is 91.1 Å². The molecule has 3 fully saturated rings. The molecular formula is C31H42Cl2N6. The van der Waals surface area contributed by atoms with Gasteiger partial charge in [0.2, 0.25) is 5.95 Å². The van der Waals surface area contributed by atoms with Crippen LogP contribution in [0.5, 0.6) is 0 Å². The van der Waals surface area contributed by atoms with E-state index in [9.17, 15) is 0 Å². The Kier molecular flexibility index (Phi) is 7.86. The first-order valence-corrected chi connectivity index (χ1v) is 15.3. The van der Waals surface area contributed by atoms with Crippen LogP contribution < -0.4 is 4.90 Å². The number of H-pyrrole nitrogens is 1. The van der Waals surface area contributed by atoms with Crippen molar-refractivity contribution < 1.29 is 0 Å². The quantitative estimate of drug-likeness (QED) is 0.349. The van der Waals surface area contributed by atoms with Gasteiger partial charge in [-0.2, -0.15) is 0 Å². The lowest BCUT2D eigenvalue weighted by Crippen LogP contribution is -2.46. The zero-order chi connectivity index (χ0) is 27.1. The molecule has 3 aromatic rings. The fourth-order valence-corrected chi connectivity index (χ4v) is 7.44. The number of nitrogens with zero attached hydrogens (tertiary/aromatic N) is 5. The molecule has 0 amide bonds. The Morgan fingerprint density at radius 1 is 1.08 bits per heavy atom. The molecular weight excluding hydrogens is 527 g/mol. The zero-order valence-corrected chi connectivity index (χ0v) is 25.1. The Bertz CT molecular complexity index is 1260. The molecule has 1 aromatic heterocycles. The van der Waals surface area contributed by atoms with Gasteiger partial charge >= 0.3 is 0 Å². The summed E-state index contributed by atoms with van der Waals surface area (Å²) in [4.78, 5) is 18.5. The number of likely N-dealkylation sites (N-methyl/N-ethyl adjacent to an activating group) is 1. The van der Waals surface area contributed by atoms with Gasteiger partial charge in [0.1, 0.15) is 0 Å². The molecule has 0 radical (unpaired) electrons. The largest absolute Gasteiger partial charge is 0.339 e. The average Bonchev–Trinajstić information content (AvgIpc) is 3.53. The van der Waals surface area contributed by atoms with Gasteiger partial charge in [-0.25, -0.2) is 4.98 Å². The van der Waals surface area contributed by atoms with E-state index in [4.69, 9.17) is 28.2 Å². The third-order valence-electron chi connectivity index (χ3n) is 9.41. The van der Waals surface area contributed by atoms with Crippen LogP contribution in [0.2, 0.25) is 10.0 Å². The van der Waals surface area contributed by atoms with Crippen molar-refractivity contribution in [2.45, 2.75) is 50.1 Å². The third-order valence-corrected chi connectivity index (χ3v) is 10.1. The first-order chi connectivity index (χ1) is 18.8. The van der Waals surface area contributed by atoms with Crippen LogP contribution in [0.15, 0.2) is 36.4 Å². The number of hydrogen-bond donors (Lipinski definition) is 1. The van der Waals surface area contributed by atoms with Crippen molar-refractivity contribution in [3.8, 4) is 0 Å². The second-order valence-electron chi connectivity index (χ2n) is 12.5. The molecule has 210 valence electrons. The molecule has 2 aliphatic carbocycles. The topological polar surface area (TPSA) is 41.6 Å². The lowest BCUT2D eigenvalue weighted by Gasteiger charge is -2.38. The molecule has 1 N–H and O–H groups in total. The molecule has 1 aliphatic heterocycles. The molecule has 39 heavy (non-hydrogen) atoms. The number of aromatic nitrogens is 2. The summed E-state index contributed by atoms with van der Waals surface area (Å²) in [5.74, 6) is 1.71. The number of benzene rings is 2. The first-order valence-electron chi connectivity index (χ1n) is 14.6. The minimum atomic E-state index is 0.374. The number of anilines is 1. The van der Waals surface area contributed by atoms with Crippen molar-refractivity contribution in [1.82, 2.24) is 24.7 Å².